The molecule has 0 aliphatic rings. The van der Waals surface area contributed by atoms with Gasteiger partial charge in [-0.1, -0.05) is 24.3 Å². The van der Waals surface area contributed by atoms with E-state index in [2.05, 4.69) is 0 Å². The molecule has 2 aromatic carbocycles. The largest absolute Gasteiger partial charge is 0.398 e. The van der Waals surface area contributed by atoms with Gasteiger partial charge in [-0.15, -0.1) is 0 Å². The lowest BCUT2D eigenvalue weighted by atomic mass is 10.1. The zero-order valence-corrected chi connectivity index (χ0v) is 12.9. The zero-order valence-electron chi connectivity index (χ0n) is 12.1. The van der Waals surface area contributed by atoms with Gasteiger partial charge in [0.15, 0.2) is 0 Å². The molecule has 0 heterocycles. The molecule has 0 atom stereocenters. The Kier molecular flexibility index (Phi) is 4.48. The van der Waals surface area contributed by atoms with Crippen LogP contribution in [0.3, 0.4) is 0 Å². The molecule has 0 bridgehead atoms. The summed E-state index contributed by atoms with van der Waals surface area (Å²) in [5, 5.41) is 2.28. The molecule has 0 aliphatic carbocycles. The Hall–Kier alpha value is -1.35. The fourth-order valence-electron chi connectivity index (χ4n) is 2.26. The van der Waals surface area contributed by atoms with Gasteiger partial charge in [0.2, 0.25) is 0 Å². The third kappa shape index (κ3) is 2.59. The highest BCUT2D eigenvalue weighted by molar-refractivity contribution is 7.62. The summed E-state index contributed by atoms with van der Waals surface area (Å²) >= 11 is 0. The first-order valence-corrected chi connectivity index (χ1v) is 8.25. The molecule has 0 radical (unpaired) electrons. The van der Waals surface area contributed by atoms with Gasteiger partial charge in [0.05, 0.1) is 18.5 Å². The maximum Gasteiger partial charge on any atom is 0.361 e. The van der Waals surface area contributed by atoms with Crippen LogP contribution in [0.2, 0.25) is 0 Å². The minimum Gasteiger partial charge on any atom is -0.398 e. The van der Waals surface area contributed by atoms with Gasteiger partial charge in [0, 0.05) is 11.1 Å². The predicted octanol–water partition coefficient (Wildman–Crippen LogP) is 3.62. The van der Waals surface area contributed by atoms with Crippen LogP contribution in [0.15, 0.2) is 30.3 Å². The van der Waals surface area contributed by atoms with Crippen molar-refractivity contribution in [1.82, 2.24) is 0 Å². The molecule has 2 rings (SSSR count). The lowest BCUT2D eigenvalue weighted by molar-refractivity contribution is 0.230. The van der Waals surface area contributed by atoms with Gasteiger partial charge in [0.25, 0.3) is 0 Å². The first-order valence-electron chi connectivity index (χ1n) is 6.71. The molecule has 108 valence electrons. The third-order valence-corrected chi connectivity index (χ3v) is 5.32. The average Bonchev–Trinajstić information content (AvgIpc) is 2.43. The molecule has 0 aliphatic heterocycles. The Morgan fingerprint density at radius 1 is 1.10 bits per heavy atom. The lowest BCUT2D eigenvalue weighted by Crippen LogP contribution is -2.13. The van der Waals surface area contributed by atoms with Crippen LogP contribution in [-0.4, -0.2) is 13.2 Å². The summed E-state index contributed by atoms with van der Waals surface area (Å²) in [5.74, 6) is 0. The van der Waals surface area contributed by atoms with Crippen molar-refractivity contribution >= 4 is 29.4 Å². The first kappa shape index (κ1) is 15.0. The molecular formula is C15H20NO3P. The molecule has 2 N–H and O–H groups in total. The van der Waals surface area contributed by atoms with Gasteiger partial charge in [-0.2, -0.15) is 0 Å². The van der Waals surface area contributed by atoms with Crippen LogP contribution in [0, 0.1) is 6.92 Å². The molecule has 5 heteroatoms. The third-order valence-electron chi connectivity index (χ3n) is 3.16. The minimum absolute atomic E-state index is 0.328. The van der Waals surface area contributed by atoms with E-state index in [1.807, 2.05) is 37.3 Å². The highest BCUT2D eigenvalue weighted by atomic mass is 31.2. The molecular weight excluding hydrogens is 273 g/mol. The van der Waals surface area contributed by atoms with Gasteiger partial charge in [-0.3, -0.25) is 4.57 Å². The Balaban J connectivity index is 2.76. The summed E-state index contributed by atoms with van der Waals surface area (Å²) in [6.45, 7) is 6.16. The van der Waals surface area contributed by atoms with Crippen LogP contribution in [0.1, 0.15) is 19.4 Å². The van der Waals surface area contributed by atoms with Crippen molar-refractivity contribution in [1.29, 1.82) is 0 Å². The van der Waals surface area contributed by atoms with Crippen LogP contribution in [0.4, 0.5) is 5.69 Å². The van der Waals surface area contributed by atoms with Gasteiger partial charge in [0.1, 0.15) is 0 Å². The van der Waals surface area contributed by atoms with Gasteiger partial charge < -0.3 is 14.8 Å². The summed E-state index contributed by atoms with van der Waals surface area (Å²) in [7, 11) is -3.32. The van der Waals surface area contributed by atoms with Crippen molar-refractivity contribution in [2.24, 2.45) is 0 Å². The number of hydrogen-bond acceptors (Lipinski definition) is 4. The number of rotatable bonds is 5. The molecule has 0 saturated carbocycles. The van der Waals surface area contributed by atoms with E-state index in [9.17, 15) is 4.57 Å². The van der Waals surface area contributed by atoms with Gasteiger partial charge >= 0.3 is 7.60 Å². The highest BCUT2D eigenvalue weighted by Gasteiger charge is 2.29. The number of aryl methyl sites for hydroxylation is 1. The normalized spacial score (nSPS) is 11.9. The zero-order chi connectivity index (χ0) is 14.8. The number of nitrogen functional groups attached to an aromatic ring is 1. The summed E-state index contributed by atoms with van der Waals surface area (Å²) in [4.78, 5) is 0. The minimum atomic E-state index is -3.32. The van der Waals surface area contributed by atoms with Gasteiger partial charge in [-0.05, 0) is 37.8 Å². The van der Waals surface area contributed by atoms with Crippen molar-refractivity contribution in [2.75, 3.05) is 18.9 Å². The Morgan fingerprint density at radius 3 is 2.20 bits per heavy atom. The SMILES string of the molecule is CCOP(=O)(OCC)c1cc(C)c(N)c2ccccc12. The number of benzene rings is 2. The first-order chi connectivity index (χ1) is 9.53. The lowest BCUT2D eigenvalue weighted by Gasteiger charge is -2.20. The highest BCUT2D eigenvalue weighted by Crippen LogP contribution is 2.49. The molecule has 0 unspecified atom stereocenters. The molecule has 0 fully saturated rings. The quantitative estimate of drug-likeness (QED) is 0.675. The second-order valence-corrected chi connectivity index (χ2v) is 6.50. The van der Waals surface area contributed by atoms with E-state index in [0.717, 1.165) is 16.3 Å². The fraction of sp³-hybridized carbons (Fsp3) is 0.333. The summed E-state index contributed by atoms with van der Waals surface area (Å²) in [6.07, 6.45) is 0. The molecule has 20 heavy (non-hydrogen) atoms. The van der Waals surface area contributed by atoms with Crippen LogP contribution in [0.25, 0.3) is 10.8 Å². The standard InChI is InChI=1S/C15H20NO3P/c1-4-18-20(17,19-5-2)14-10-11(3)15(16)13-9-7-6-8-12(13)14/h6-10H,4-5,16H2,1-3H3. The number of hydrogen-bond donors (Lipinski definition) is 1. The van der Waals surface area contributed by atoms with E-state index in [0.29, 0.717) is 24.2 Å². The Morgan fingerprint density at radius 2 is 1.65 bits per heavy atom. The molecule has 0 aromatic heterocycles. The molecule has 0 spiro atoms. The Bertz CT molecular complexity index is 659. The summed E-state index contributed by atoms with van der Waals surface area (Å²) in [5.41, 5.74) is 7.68. The second-order valence-electron chi connectivity index (χ2n) is 4.50. The maximum absolute atomic E-state index is 13.0. The predicted molar refractivity (Wildman–Crippen MR) is 83.6 cm³/mol. The van der Waals surface area contributed by atoms with Gasteiger partial charge in [-0.25, -0.2) is 0 Å². The van der Waals surface area contributed by atoms with Crippen molar-refractivity contribution in [3.63, 3.8) is 0 Å². The van der Waals surface area contributed by atoms with Crippen molar-refractivity contribution in [3.8, 4) is 0 Å². The fourth-order valence-corrected chi connectivity index (χ4v) is 4.13. The monoisotopic (exact) mass is 293 g/mol. The van der Waals surface area contributed by atoms with Crippen LogP contribution in [0.5, 0.6) is 0 Å². The van der Waals surface area contributed by atoms with E-state index >= 15 is 0 Å². The topological polar surface area (TPSA) is 61.5 Å². The van der Waals surface area contributed by atoms with Crippen LogP contribution in [-0.2, 0) is 13.6 Å². The summed E-state index contributed by atoms with van der Waals surface area (Å²) < 4.78 is 23.9. The molecule has 0 saturated heterocycles. The maximum atomic E-state index is 13.0. The van der Waals surface area contributed by atoms with E-state index in [1.54, 1.807) is 13.8 Å². The smallest absolute Gasteiger partial charge is 0.361 e. The average molecular weight is 293 g/mol. The van der Waals surface area contributed by atoms with Crippen molar-refractivity contribution < 1.29 is 13.6 Å². The number of fused-ring (bicyclic) bond motifs is 1. The molecule has 2 aromatic rings. The molecule has 4 nitrogen and oxygen atoms in total. The second kappa shape index (κ2) is 5.96. The van der Waals surface area contributed by atoms with E-state index in [1.165, 1.54) is 0 Å². The van der Waals surface area contributed by atoms with Crippen molar-refractivity contribution in [3.05, 3.63) is 35.9 Å². The van der Waals surface area contributed by atoms with Crippen LogP contribution < -0.4 is 11.0 Å². The van der Waals surface area contributed by atoms with Crippen molar-refractivity contribution in [2.45, 2.75) is 20.8 Å². The van der Waals surface area contributed by atoms with E-state index in [-0.39, 0.29) is 0 Å². The summed E-state index contributed by atoms with van der Waals surface area (Å²) in [6, 6.07) is 9.43. The Labute approximate surface area is 119 Å². The molecule has 0 amide bonds. The van der Waals surface area contributed by atoms with E-state index in [4.69, 9.17) is 14.8 Å². The number of nitrogens with two attached hydrogens (primary N) is 1. The number of anilines is 1. The van der Waals surface area contributed by atoms with Crippen LogP contribution >= 0.6 is 7.60 Å². The van der Waals surface area contributed by atoms with E-state index < -0.39 is 7.60 Å².